The summed E-state index contributed by atoms with van der Waals surface area (Å²) in [5, 5.41) is 5.14. The minimum atomic E-state index is -0.403. The van der Waals surface area contributed by atoms with Crippen molar-refractivity contribution in [2.75, 3.05) is 33.4 Å². The molecule has 1 saturated heterocycles. The second-order valence-corrected chi connectivity index (χ2v) is 10.2. The molecule has 10 heteroatoms. The molecule has 0 radical (unpaired) electrons. The zero-order valence-corrected chi connectivity index (χ0v) is 19.8. The van der Waals surface area contributed by atoms with Crippen molar-refractivity contribution < 1.29 is 13.9 Å². The molecule has 35 heavy (non-hydrogen) atoms. The van der Waals surface area contributed by atoms with Gasteiger partial charge in [-0.15, -0.1) is 11.3 Å². The monoisotopic (exact) mass is 499 g/mol. The Morgan fingerprint density at radius 3 is 3.00 bits per heavy atom. The number of nitrogens with zero attached hydrogens (tertiary/aromatic N) is 5. The van der Waals surface area contributed by atoms with Crippen molar-refractivity contribution in [2.24, 2.45) is 5.92 Å². The fourth-order valence-corrected chi connectivity index (χ4v) is 6.56. The number of halogens is 1. The zero-order chi connectivity index (χ0) is 23.2. The van der Waals surface area contributed by atoms with E-state index in [2.05, 4.69) is 15.0 Å². The van der Waals surface area contributed by atoms with Gasteiger partial charge in [0.05, 0.1) is 25.6 Å². The van der Waals surface area contributed by atoms with Crippen molar-refractivity contribution >= 4 is 27.2 Å². The van der Waals surface area contributed by atoms with Gasteiger partial charge in [-0.05, 0) is 36.8 Å². The van der Waals surface area contributed by atoms with Crippen LogP contribution in [0.15, 0.2) is 29.3 Å². The first kappa shape index (κ1) is 23.9. The molecule has 8 nitrogen and oxygen atoms in total. The number of hydrogen-bond acceptors (Lipinski definition) is 7. The van der Waals surface area contributed by atoms with Gasteiger partial charge in [0.15, 0.2) is 5.65 Å². The topological polar surface area (TPSA) is 73.9 Å². The van der Waals surface area contributed by atoms with Crippen LogP contribution in [0.25, 0.3) is 15.9 Å². The molecule has 0 saturated carbocycles. The molecule has 0 bridgehead atoms. The molecule has 1 atom stereocenters. The third-order valence-corrected chi connectivity index (χ3v) is 8.15. The Bertz CT molecular complexity index is 1420. The predicted octanol–water partition coefficient (Wildman–Crippen LogP) is 3.72. The molecule has 0 N–H and O–H groups in total. The van der Waals surface area contributed by atoms with E-state index in [0.29, 0.717) is 22.9 Å². The Labute approximate surface area is 206 Å². The van der Waals surface area contributed by atoms with Crippen LogP contribution in [-0.2, 0) is 24.2 Å². The van der Waals surface area contributed by atoms with Gasteiger partial charge in [-0.3, -0.25) is 9.47 Å². The normalized spacial score (nSPS) is 18.5. The Balaban J connectivity index is 0.00000253. The van der Waals surface area contributed by atoms with Crippen LogP contribution >= 0.6 is 11.3 Å². The Morgan fingerprint density at radius 1 is 1.34 bits per heavy atom. The summed E-state index contributed by atoms with van der Waals surface area (Å²) in [6.45, 7) is 4.65. The molecular formula is C25H30FN5O3S. The molecule has 0 spiro atoms. The predicted molar refractivity (Wildman–Crippen MR) is 134 cm³/mol. The summed E-state index contributed by atoms with van der Waals surface area (Å²) in [5.41, 5.74) is 1.93. The smallest absolute Gasteiger partial charge is 0.352 e. The summed E-state index contributed by atoms with van der Waals surface area (Å²) >= 11 is 1.62. The van der Waals surface area contributed by atoms with E-state index in [1.54, 1.807) is 28.0 Å². The van der Waals surface area contributed by atoms with E-state index in [1.807, 2.05) is 0 Å². The number of fused-ring (bicyclic) bond motifs is 5. The van der Waals surface area contributed by atoms with Crippen molar-refractivity contribution in [3.8, 4) is 5.75 Å². The van der Waals surface area contributed by atoms with Crippen LogP contribution in [0.3, 0.4) is 0 Å². The van der Waals surface area contributed by atoms with Gasteiger partial charge in [0.25, 0.3) is 0 Å². The van der Waals surface area contributed by atoms with E-state index < -0.39 is 5.82 Å². The molecule has 1 fully saturated rings. The largest absolute Gasteiger partial charge is 0.497 e. The maximum absolute atomic E-state index is 14.8. The van der Waals surface area contributed by atoms with Crippen molar-refractivity contribution in [3.63, 3.8) is 0 Å². The maximum Gasteiger partial charge on any atom is 0.352 e. The molecule has 2 aliphatic rings. The number of thiophene rings is 1. The van der Waals surface area contributed by atoms with Gasteiger partial charge >= 0.3 is 5.69 Å². The first-order valence-electron chi connectivity index (χ1n) is 11.6. The standard InChI is InChI=1S/C24H26FN5O3S.CH4/c1-32-17-5-4-16(19(25)9-17)11-29-23-21(22-26-14-27-30(22)24(29)31)18-6-7-28(12-20(18)34-23)10-15-3-2-8-33-13-15;/h4-5,9,14-15H,2-3,6-8,10-13H2,1H3;1H4. The fraction of sp³-hybridized carbons (Fsp3) is 0.480. The lowest BCUT2D eigenvalue weighted by Crippen LogP contribution is -2.36. The van der Waals surface area contributed by atoms with Crippen LogP contribution in [-0.4, -0.2) is 57.5 Å². The minimum Gasteiger partial charge on any atom is -0.497 e. The van der Waals surface area contributed by atoms with Crippen molar-refractivity contribution in [3.05, 3.63) is 56.8 Å². The molecule has 1 unspecified atom stereocenters. The summed E-state index contributed by atoms with van der Waals surface area (Å²) in [6.07, 6.45) is 4.64. The van der Waals surface area contributed by atoms with E-state index in [-0.39, 0.29) is 19.7 Å². The first-order chi connectivity index (χ1) is 16.6. The molecule has 2 aliphatic heterocycles. The lowest BCUT2D eigenvalue weighted by molar-refractivity contribution is 0.0366. The Hall–Kier alpha value is -2.82. The van der Waals surface area contributed by atoms with Gasteiger partial charge in [0.2, 0.25) is 0 Å². The molecule has 6 rings (SSSR count). The van der Waals surface area contributed by atoms with E-state index >= 15 is 0 Å². The SMILES string of the molecule is C.COc1ccc(Cn2c(=O)n3ncnc3c3c4c(sc32)CN(CC2CCCOC2)CC4)c(F)c1. The van der Waals surface area contributed by atoms with Gasteiger partial charge in [-0.1, -0.05) is 13.5 Å². The highest BCUT2D eigenvalue weighted by atomic mass is 32.1. The number of methoxy groups -OCH3 is 1. The summed E-state index contributed by atoms with van der Waals surface area (Å²) in [7, 11) is 1.50. The lowest BCUT2D eigenvalue weighted by Gasteiger charge is -2.32. The number of rotatable bonds is 5. The van der Waals surface area contributed by atoms with Crippen LogP contribution in [0.4, 0.5) is 4.39 Å². The van der Waals surface area contributed by atoms with Crippen LogP contribution in [0.2, 0.25) is 0 Å². The number of aromatic nitrogens is 4. The van der Waals surface area contributed by atoms with Crippen molar-refractivity contribution in [2.45, 2.75) is 39.8 Å². The van der Waals surface area contributed by atoms with E-state index in [0.717, 1.165) is 55.9 Å². The maximum atomic E-state index is 14.8. The second-order valence-electron chi connectivity index (χ2n) is 9.07. The third-order valence-electron chi connectivity index (χ3n) is 6.91. The van der Waals surface area contributed by atoms with Crippen LogP contribution in [0.1, 0.15) is 36.3 Å². The number of hydrogen-bond donors (Lipinski definition) is 0. The highest BCUT2D eigenvalue weighted by molar-refractivity contribution is 7.19. The fourth-order valence-electron chi connectivity index (χ4n) is 5.18. The number of ether oxygens (including phenoxy) is 2. The van der Waals surface area contributed by atoms with Gasteiger partial charge < -0.3 is 9.47 Å². The van der Waals surface area contributed by atoms with Crippen molar-refractivity contribution in [1.82, 2.24) is 24.1 Å². The lowest BCUT2D eigenvalue weighted by atomic mass is 9.99. The minimum absolute atomic E-state index is 0. The summed E-state index contributed by atoms with van der Waals surface area (Å²) in [6, 6.07) is 4.72. The summed E-state index contributed by atoms with van der Waals surface area (Å²) in [5.74, 6) is 0.616. The highest BCUT2D eigenvalue weighted by Gasteiger charge is 2.28. The molecule has 5 heterocycles. The number of benzene rings is 1. The highest BCUT2D eigenvalue weighted by Crippen LogP contribution is 2.37. The molecule has 0 amide bonds. The van der Waals surface area contributed by atoms with Gasteiger partial charge in [0, 0.05) is 42.7 Å². The van der Waals surface area contributed by atoms with Gasteiger partial charge in [-0.25, -0.2) is 14.2 Å². The average Bonchev–Trinajstić information content (AvgIpc) is 3.48. The molecular weight excluding hydrogens is 469 g/mol. The van der Waals surface area contributed by atoms with Crippen molar-refractivity contribution in [1.29, 1.82) is 0 Å². The molecule has 4 aromatic rings. The molecule has 0 aliphatic carbocycles. The quantitative estimate of drug-likeness (QED) is 0.417. The molecule has 186 valence electrons. The average molecular weight is 500 g/mol. The first-order valence-corrected chi connectivity index (χ1v) is 12.4. The van der Waals surface area contributed by atoms with Crippen LogP contribution < -0.4 is 10.4 Å². The molecule has 3 aromatic heterocycles. The second kappa shape index (κ2) is 9.67. The van der Waals surface area contributed by atoms with Gasteiger partial charge in [-0.2, -0.15) is 9.61 Å². The van der Waals surface area contributed by atoms with Crippen LogP contribution in [0, 0.1) is 11.7 Å². The van der Waals surface area contributed by atoms with Gasteiger partial charge in [0.1, 0.15) is 22.7 Å². The Morgan fingerprint density at radius 2 is 2.23 bits per heavy atom. The third kappa shape index (κ3) is 4.23. The van der Waals surface area contributed by atoms with E-state index in [1.165, 1.54) is 40.9 Å². The van der Waals surface area contributed by atoms with E-state index in [9.17, 15) is 9.18 Å². The summed E-state index contributed by atoms with van der Waals surface area (Å²) in [4.78, 5) is 22.3. The van der Waals surface area contributed by atoms with Crippen LogP contribution in [0.5, 0.6) is 5.75 Å². The summed E-state index contributed by atoms with van der Waals surface area (Å²) < 4.78 is 28.5. The van der Waals surface area contributed by atoms with E-state index in [4.69, 9.17) is 9.47 Å². The zero-order valence-electron chi connectivity index (χ0n) is 19.0. The Kier molecular flexibility index (Phi) is 6.61. The molecule has 1 aromatic carbocycles.